The van der Waals surface area contributed by atoms with E-state index in [2.05, 4.69) is 5.32 Å². The largest absolute Gasteiger partial charge is 0.393 e. The molecule has 0 aliphatic heterocycles. The highest BCUT2D eigenvalue weighted by molar-refractivity contribution is 4.85. The van der Waals surface area contributed by atoms with Crippen molar-refractivity contribution in [2.24, 2.45) is 5.92 Å². The molecule has 2 aliphatic carbocycles. The van der Waals surface area contributed by atoms with Crippen molar-refractivity contribution in [3.8, 4) is 0 Å². The van der Waals surface area contributed by atoms with Gasteiger partial charge in [-0.15, -0.1) is 0 Å². The van der Waals surface area contributed by atoms with Gasteiger partial charge in [-0.2, -0.15) is 0 Å². The lowest BCUT2D eigenvalue weighted by Gasteiger charge is -2.21. The predicted molar refractivity (Wildman–Crippen MR) is 55.0 cm³/mol. The first-order valence-electron chi connectivity index (χ1n) is 5.87. The van der Waals surface area contributed by atoms with Crippen molar-refractivity contribution in [3.05, 3.63) is 0 Å². The molecular formula is C11H21NO2. The van der Waals surface area contributed by atoms with Gasteiger partial charge in [0.1, 0.15) is 0 Å². The standard InChI is InChI=1S/C11H21NO2/c13-10-5-1-3-8(10)7-12-9-4-2-6-11(9)14/h8-14H,1-7H2/t8?,9-,10?,11-/m0/s1. The fourth-order valence-corrected chi connectivity index (χ4v) is 2.74. The maximum absolute atomic E-state index is 9.63. The Bertz CT molecular complexity index is 166. The summed E-state index contributed by atoms with van der Waals surface area (Å²) in [7, 11) is 0. The first kappa shape index (κ1) is 10.4. The average molecular weight is 199 g/mol. The Morgan fingerprint density at radius 3 is 2.21 bits per heavy atom. The van der Waals surface area contributed by atoms with E-state index in [0.29, 0.717) is 5.92 Å². The summed E-state index contributed by atoms with van der Waals surface area (Å²) in [5.74, 6) is 0.419. The van der Waals surface area contributed by atoms with Crippen molar-refractivity contribution >= 4 is 0 Å². The number of hydrogen-bond acceptors (Lipinski definition) is 3. The molecule has 0 amide bonds. The van der Waals surface area contributed by atoms with E-state index in [4.69, 9.17) is 0 Å². The van der Waals surface area contributed by atoms with Crippen LogP contribution in [-0.4, -0.2) is 35.0 Å². The van der Waals surface area contributed by atoms with Crippen LogP contribution in [0.25, 0.3) is 0 Å². The summed E-state index contributed by atoms with van der Waals surface area (Å²) in [6.07, 6.45) is 6.13. The van der Waals surface area contributed by atoms with Gasteiger partial charge >= 0.3 is 0 Å². The lowest BCUT2D eigenvalue weighted by atomic mass is 10.1. The number of rotatable bonds is 3. The summed E-state index contributed by atoms with van der Waals surface area (Å²) in [6.45, 7) is 0.878. The second-order valence-corrected chi connectivity index (χ2v) is 4.77. The summed E-state index contributed by atoms with van der Waals surface area (Å²) in [6, 6.07) is 0.280. The summed E-state index contributed by atoms with van der Waals surface area (Å²) in [5.41, 5.74) is 0. The third-order valence-electron chi connectivity index (χ3n) is 3.74. The van der Waals surface area contributed by atoms with Crippen LogP contribution in [-0.2, 0) is 0 Å². The van der Waals surface area contributed by atoms with Crippen LogP contribution in [0.1, 0.15) is 38.5 Å². The molecule has 4 atom stereocenters. The van der Waals surface area contributed by atoms with Crippen molar-refractivity contribution in [1.29, 1.82) is 0 Å². The maximum Gasteiger partial charge on any atom is 0.0693 e. The number of aliphatic hydroxyl groups excluding tert-OH is 2. The second kappa shape index (κ2) is 4.60. The van der Waals surface area contributed by atoms with Gasteiger partial charge in [-0.3, -0.25) is 0 Å². The molecule has 2 unspecified atom stereocenters. The molecule has 0 aromatic heterocycles. The lowest BCUT2D eigenvalue weighted by molar-refractivity contribution is 0.115. The van der Waals surface area contributed by atoms with Crippen molar-refractivity contribution < 1.29 is 10.2 Å². The van der Waals surface area contributed by atoms with E-state index < -0.39 is 0 Å². The molecule has 3 nitrogen and oxygen atoms in total. The number of nitrogens with one attached hydrogen (secondary N) is 1. The van der Waals surface area contributed by atoms with E-state index in [1.807, 2.05) is 0 Å². The topological polar surface area (TPSA) is 52.5 Å². The minimum atomic E-state index is -0.159. The first-order valence-corrected chi connectivity index (χ1v) is 5.87. The normalized spacial score (nSPS) is 43.3. The number of hydrogen-bond donors (Lipinski definition) is 3. The first-order chi connectivity index (χ1) is 6.77. The Kier molecular flexibility index (Phi) is 3.42. The molecular weight excluding hydrogens is 178 g/mol. The van der Waals surface area contributed by atoms with Crippen LogP contribution in [0.15, 0.2) is 0 Å². The Labute approximate surface area is 85.5 Å². The minimum Gasteiger partial charge on any atom is -0.393 e. The second-order valence-electron chi connectivity index (χ2n) is 4.77. The van der Waals surface area contributed by atoms with Crippen LogP contribution < -0.4 is 5.32 Å². The quantitative estimate of drug-likeness (QED) is 0.625. The fraction of sp³-hybridized carbons (Fsp3) is 1.00. The minimum absolute atomic E-state index is 0.110. The van der Waals surface area contributed by atoms with Crippen molar-refractivity contribution in [2.75, 3.05) is 6.54 Å². The Hall–Kier alpha value is -0.120. The zero-order chi connectivity index (χ0) is 9.97. The number of aliphatic hydroxyl groups is 2. The Balaban J connectivity index is 1.71. The van der Waals surface area contributed by atoms with Gasteiger partial charge in [-0.25, -0.2) is 0 Å². The van der Waals surface area contributed by atoms with Gasteiger partial charge in [-0.05, 0) is 38.0 Å². The van der Waals surface area contributed by atoms with E-state index in [9.17, 15) is 10.2 Å². The smallest absolute Gasteiger partial charge is 0.0693 e. The molecule has 2 fully saturated rings. The molecule has 0 saturated heterocycles. The van der Waals surface area contributed by atoms with E-state index in [-0.39, 0.29) is 18.2 Å². The summed E-state index contributed by atoms with van der Waals surface area (Å²) >= 11 is 0. The third kappa shape index (κ3) is 2.27. The average Bonchev–Trinajstić information content (AvgIpc) is 2.72. The third-order valence-corrected chi connectivity index (χ3v) is 3.74. The summed E-state index contributed by atoms with van der Waals surface area (Å²) in [5, 5.41) is 22.6. The molecule has 82 valence electrons. The highest BCUT2D eigenvalue weighted by atomic mass is 16.3. The molecule has 3 N–H and O–H groups in total. The van der Waals surface area contributed by atoms with Gasteiger partial charge in [-0.1, -0.05) is 6.42 Å². The van der Waals surface area contributed by atoms with Crippen LogP contribution in [0.5, 0.6) is 0 Å². The molecule has 2 rings (SSSR count). The SMILES string of the molecule is OC1CCCC1CN[C@H]1CCC[C@@H]1O. The van der Waals surface area contributed by atoms with Crippen LogP contribution >= 0.6 is 0 Å². The van der Waals surface area contributed by atoms with Crippen molar-refractivity contribution in [2.45, 2.75) is 56.8 Å². The molecule has 0 aromatic carbocycles. The Morgan fingerprint density at radius 1 is 0.929 bits per heavy atom. The maximum atomic E-state index is 9.63. The van der Waals surface area contributed by atoms with Crippen LogP contribution in [0.2, 0.25) is 0 Å². The summed E-state index contributed by atoms with van der Waals surface area (Å²) in [4.78, 5) is 0. The van der Waals surface area contributed by atoms with Gasteiger partial charge in [0.05, 0.1) is 12.2 Å². The molecule has 2 saturated carbocycles. The molecule has 0 bridgehead atoms. The molecule has 0 aromatic rings. The highest BCUT2D eigenvalue weighted by Crippen LogP contribution is 2.26. The zero-order valence-corrected chi connectivity index (χ0v) is 8.65. The lowest BCUT2D eigenvalue weighted by Crippen LogP contribution is -2.40. The molecule has 14 heavy (non-hydrogen) atoms. The molecule has 0 spiro atoms. The molecule has 2 aliphatic rings. The zero-order valence-electron chi connectivity index (χ0n) is 8.65. The Morgan fingerprint density at radius 2 is 1.64 bits per heavy atom. The van der Waals surface area contributed by atoms with Gasteiger partial charge in [0.25, 0.3) is 0 Å². The van der Waals surface area contributed by atoms with E-state index >= 15 is 0 Å². The van der Waals surface area contributed by atoms with Crippen LogP contribution in [0.4, 0.5) is 0 Å². The van der Waals surface area contributed by atoms with Gasteiger partial charge in [0, 0.05) is 12.6 Å². The summed E-state index contributed by atoms with van der Waals surface area (Å²) < 4.78 is 0. The van der Waals surface area contributed by atoms with Crippen LogP contribution in [0, 0.1) is 5.92 Å². The van der Waals surface area contributed by atoms with E-state index in [1.165, 1.54) is 0 Å². The van der Waals surface area contributed by atoms with Gasteiger partial charge in [0.2, 0.25) is 0 Å². The van der Waals surface area contributed by atoms with Crippen molar-refractivity contribution in [1.82, 2.24) is 5.32 Å². The van der Waals surface area contributed by atoms with E-state index in [1.54, 1.807) is 0 Å². The molecule has 0 heterocycles. The fourth-order valence-electron chi connectivity index (χ4n) is 2.74. The highest BCUT2D eigenvalue weighted by Gasteiger charge is 2.29. The van der Waals surface area contributed by atoms with Gasteiger partial charge < -0.3 is 15.5 Å². The van der Waals surface area contributed by atoms with E-state index in [0.717, 1.165) is 45.1 Å². The predicted octanol–water partition coefficient (Wildman–Crippen LogP) is 0.650. The monoisotopic (exact) mass is 199 g/mol. The molecule has 0 radical (unpaired) electrons. The van der Waals surface area contributed by atoms with Gasteiger partial charge in [0.15, 0.2) is 0 Å². The molecule has 3 heteroatoms. The van der Waals surface area contributed by atoms with Crippen LogP contribution in [0.3, 0.4) is 0 Å². The van der Waals surface area contributed by atoms with Crippen molar-refractivity contribution in [3.63, 3.8) is 0 Å².